The van der Waals surface area contributed by atoms with Crippen LogP contribution in [0.3, 0.4) is 0 Å². The first-order valence-electron chi connectivity index (χ1n) is 7.61. The van der Waals surface area contributed by atoms with Gasteiger partial charge >= 0.3 is 0 Å². The number of rotatable bonds is 6. The standard InChI is InChI=1S/C15H30N2O/c1-4-15(5-2,6-3)17-14(18)11-12-8-7-9-13(16)10-12/h12-13H,4-11,16H2,1-3H3,(H,17,18). The lowest BCUT2D eigenvalue weighted by Crippen LogP contribution is -2.47. The summed E-state index contributed by atoms with van der Waals surface area (Å²) in [5.74, 6) is 0.719. The zero-order chi connectivity index (χ0) is 13.6. The Morgan fingerprint density at radius 1 is 1.22 bits per heavy atom. The number of nitrogens with one attached hydrogen (secondary N) is 1. The number of carbonyl (C=O) groups excluding carboxylic acids is 1. The van der Waals surface area contributed by atoms with Crippen molar-refractivity contribution in [2.24, 2.45) is 11.7 Å². The highest BCUT2D eigenvalue weighted by Gasteiger charge is 2.28. The van der Waals surface area contributed by atoms with E-state index in [2.05, 4.69) is 26.1 Å². The van der Waals surface area contributed by atoms with Crippen molar-refractivity contribution >= 4 is 5.91 Å². The van der Waals surface area contributed by atoms with Crippen LogP contribution >= 0.6 is 0 Å². The van der Waals surface area contributed by atoms with E-state index in [9.17, 15) is 4.79 Å². The van der Waals surface area contributed by atoms with Crippen LogP contribution in [0.1, 0.15) is 72.1 Å². The largest absolute Gasteiger partial charge is 0.351 e. The summed E-state index contributed by atoms with van der Waals surface area (Å²) < 4.78 is 0. The van der Waals surface area contributed by atoms with Crippen LogP contribution in [0.5, 0.6) is 0 Å². The summed E-state index contributed by atoms with van der Waals surface area (Å²) in [5.41, 5.74) is 5.98. The maximum atomic E-state index is 12.2. The van der Waals surface area contributed by atoms with Gasteiger partial charge in [-0.1, -0.05) is 27.2 Å². The molecule has 0 heterocycles. The second-order valence-corrected chi connectivity index (χ2v) is 5.89. The average molecular weight is 254 g/mol. The van der Waals surface area contributed by atoms with Crippen LogP contribution in [0, 0.1) is 5.92 Å². The molecule has 106 valence electrons. The fourth-order valence-electron chi connectivity index (χ4n) is 3.14. The first-order chi connectivity index (χ1) is 8.55. The van der Waals surface area contributed by atoms with Crippen LogP contribution < -0.4 is 11.1 Å². The van der Waals surface area contributed by atoms with E-state index in [-0.39, 0.29) is 11.4 Å². The zero-order valence-electron chi connectivity index (χ0n) is 12.3. The van der Waals surface area contributed by atoms with E-state index < -0.39 is 0 Å². The van der Waals surface area contributed by atoms with E-state index >= 15 is 0 Å². The van der Waals surface area contributed by atoms with Crippen LogP contribution in [-0.4, -0.2) is 17.5 Å². The van der Waals surface area contributed by atoms with Crippen molar-refractivity contribution in [1.29, 1.82) is 0 Å². The van der Waals surface area contributed by atoms with Crippen LogP contribution in [0.2, 0.25) is 0 Å². The molecule has 0 aromatic carbocycles. The van der Waals surface area contributed by atoms with Gasteiger partial charge in [0.15, 0.2) is 0 Å². The highest BCUT2D eigenvalue weighted by molar-refractivity contribution is 5.77. The molecule has 2 unspecified atom stereocenters. The summed E-state index contributed by atoms with van der Waals surface area (Å²) in [7, 11) is 0. The maximum Gasteiger partial charge on any atom is 0.220 e. The molecule has 0 spiro atoms. The molecule has 0 radical (unpaired) electrons. The second-order valence-electron chi connectivity index (χ2n) is 5.89. The highest BCUT2D eigenvalue weighted by atomic mass is 16.1. The van der Waals surface area contributed by atoms with Gasteiger partial charge in [0, 0.05) is 18.0 Å². The Morgan fingerprint density at radius 3 is 2.33 bits per heavy atom. The summed E-state index contributed by atoms with van der Waals surface area (Å²) in [6.45, 7) is 6.47. The van der Waals surface area contributed by atoms with Gasteiger partial charge in [-0.05, 0) is 44.4 Å². The molecule has 0 aromatic rings. The minimum absolute atomic E-state index is 0.00780. The third kappa shape index (κ3) is 4.27. The molecule has 1 saturated carbocycles. The van der Waals surface area contributed by atoms with E-state index in [0.717, 1.165) is 32.1 Å². The van der Waals surface area contributed by atoms with Gasteiger partial charge in [0.1, 0.15) is 0 Å². The second kappa shape index (κ2) is 7.13. The van der Waals surface area contributed by atoms with Crippen molar-refractivity contribution in [1.82, 2.24) is 5.32 Å². The number of carbonyl (C=O) groups is 1. The van der Waals surface area contributed by atoms with Crippen LogP contribution in [0.4, 0.5) is 0 Å². The predicted molar refractivity (Wildman–Crippen MR) is 76.3 cm³/mol. The van der Waals surface area contributed by atoms with E-state index in [1.165, 1.54) is 12.8 Å². The van der Waals surface area contributed by atoms with Gasteiger partial charge in [0.25, 0.3) is 0 Å². The maximum absolute atomic E-state index is 12.2. The molecule has 2 atom stereocenters. The molecule has 1 fully saturated rings. The van der Waals surface area contributed by atoms with Crippen molar-refractivity contribution in [2.45, 2.75) is 83.7 Å². The predicted octanol–water partition coefficient (Wildman–Crippen LogP) is 2.98. The lowest BCUT2D eigenvalue weighted by Gasteiger charge is -2.33. The van der Waals surface area contributed by atoms with E-state index in [1.807, 2.05) is 0 Å². The lowest BCUT2D eigenvalue weighted by molar-refractivity contribution is -0.124. The van der Waals surface area contributed by atoms with Crippen molar-refractivity contribution in [2.75, 3.05) is 0 Å². The Balaban J connectivity index is 2.45. The normalized spacial score (nSPS) is 24.9. The molecular formula is C15H30N2O. The molecular weight excluding hydrogens is 224 g/mol. The molecule has 1 aliphatic rings. The number of hydrogen-bond acceptors (Lipinski definition) is 2. The molecule has 0 aromatic heterocycles. The first-order valence-corrected chi connectivity index (χ1v) is 7.61. The van der Waals surface area contributed by atoms with E-state index in [0.29, 0.717) is 18.4 Å². The Bertz CT molecular complexity index is 253. The third-order valence-electron chi connectivity index (χ3n) is 4.73. The van der Waals surface area contributed by atoms with Crippen LogP contribution in [0.15, 0.2) is 0 Å². The summed E-state index contributed by atoms with van der Waals surface area (Å²) >= 11 is 0. The van der Waals surface area contributed by atoms with Crippen LogP contribution in [-0.2, 0) is 4.79 Å². The third-order valence-corrected chi connectivity index (χ3v) is 4.73. The molecule has 0 aliphatic heterocycles. The Kier molecular flexibility index (Phi) is 6.13. The van der Waals surface area contributed by atoms with Gasteiger partial charge in [-0.2, -0.15) is 0 Å². The fourth-order valence-corrected chi connectivity index (χ4v) is 3.14. The van der Waals surface area contributed by atoms with Gasteiger partial charge in [0.05, 0.1) is 0 Å². The molecule has 1 amide bonds. The van der Waals surface area contributed by atoms with Gasteiger partial charge in [-0.3, -0.25) is 4.79 Å². The van der Waals surface area contributed by atoms with E-state index in [1.54, 1.807) is 0 Å². The monoisotopic (exact) mass is 254 g/mol. The Morgan fingerprint density at radius 2 is 1.83 bits per heavy atom. The zero-order valence-corrected chi connectivity index (χ0v) is 12.3. The molecule has 18 heavy (non-hydrogen) atoms. The summed E-state index contributed by atoms with van der Waals surface area (Å²) in [5, 5.41) is 3.26. The van der Waals surface area contributed by atoms with Crippen molar-refractivity contribution in [3.63, 3.8) is 0 Å². The average Bonchev–Trinajstić information content (AvgIpc) is 2.36. The smallest absolute Gasteiger partial charge is 0.220 e. The van der Waals surface area contributed by atoms with Crippen molar-refractivity contribution in [3.8, 4) is 0 Å². The van der Waals surface area contributed by atoms with Crippen molar-refractivity contribution < 1.29 is 4.79 Å². The summed E-state index contributed by atoms with van der Waals surface area (Å²) in [6.07, 6.45) is 8.18. The molecule has 1 aliphatic carbocycles. The topological polar surface area (TPSA) is 55.1 Å². The molecule has 0 saturated heterocycles. The summed E-state index contributed by atoms with van der Waals surface area (Å²) in [6, 6.07) is 0.310. The Hall–Kier alpha value is -0.570. The quantitative estimate of drug-likeness (QED) is 0.765. The minimum atomic E-state index is 0.00780. The molecule has 1 rings (SSSR count). The van der Waals surface area contributed by atoms with Gasteiger partial charge in [-0.15, -0.1) is 0 Å². The van der Waals surface area contributed by atoms with Gasteiger partial charge in [0.2, 0.25) is 5.91 Å². The molecule has 0 bridgehead atoms. The molecule has 3 N–H and O–H groups in total. The molecule has 3 heteroatoms. The lowest BCUT2D eigenvalue weighted by atomic mass is 9.83. The van der Waals surface area contributed by atoms with Crippen LogP contribution in [0.25, 0.3) is 0 Å². The number of nitrogens with two attached hydrogens (primary N) is 1. The number of hydrogen-bond donors (Lipinski definition) is 2. The Labute approximate surface area is 112 Å². The molecule has 3 nitrogen and oxygen atoms in total. The highest BCUT2D eigenvalue weighted by Crippen LogP contribution is 2.26. The van der Waals surface area contributed by atoms with Crippen molar-refractivity contribution in [3.05, 3.63) is 0 Å². The van der Waals surface area contributed by atoms with E-state index in [4.69, 9.17) is 5.73 Å². The SMILES string of the molecule is CCC(CC)(CC)NC(=O)CC1CCCC(N)C1. The number of amides is 1. The summed E-state index contributed by atoms with van der Waals surface area (Å²) in [4.78, 5) is 12.2. The fraction of sp³-hybridized carbons (Fsp3) is 0.933. The first kappa shape index (κ1) is 15.5. The minimum Gasteiger partial charge on any atom is -0.351 e. The van der Waals surface area contributed by atoms with Gasteiger partial charge < -0.3 is 11.1 Å². The van der Waals surface area contributed by atoms with Gasteiger partial charge in [-0.25, -0.2) is 0 Å².